The SMILES string of the molecule is Cc1cc2nc(C)c(CCC(=O)NCCCN3CCCC3=O)c(C)n2n1. The summed E-state index contributed by atoms with van der Waals surface area (Å²) in [6.07, 6.45) is 3.50. The second kappa shape index (κ2) is 7.85. The standard InChI is InChI=1S/C19H27N5O2/c1-13-12-17-21-14(2)16(15(3)24(17)22-13)7-8-18(25)20-9-5-11-23-10-4-6-19(23)26/h12H,4-11H2,1-3H3,(H,20,25). The highest BCUT2D eigenvalue weighted by molar-refractivity contribution is 5.78. The average Bonchev–Trinajstić information content (AvgIpc) is 3.16. The molecule has 1 aliphatic rings. The number of nitrogens with one attached hydrogen (secondary N) is 1. The fraction of sp³-hybridized carbons (Fsp3) is 0.579. The predicted octanol–water partition coefficient (Wildman–Crippen LogP) is 1.72. The number of hydrogen-bond acceptors (Lipinski definition) is 4. The monoisotopic (exact) mass is 357 g/mol. The topological polar surface area (TPSA) is 79.6 Å². The largest absolute Gasteiger partial charge is 0.356 e. The van der Waals surface area contributed by atoms with Gasteiger partial charge in [0.15, 0.2) is 5.65 Å². The van der Waals surface area contributed by atoms with Crippen LogP contribution in [0.1, 0.15) is 48.3 Å². The fourth-order valence-electron chi connectivity index (χ4n) is 3.57. The van der Waals surface area contributed by atoms with Gasteiger partial charge in [0.1, 0.15) is 0 Å². The molecule has 2 aromatic rings. The van der Waals surface area contributed by atoms with Crippen molar-refractivity contribution in [2.75, 3.05) is 19.6 Å². The Morgan fingerprint density at radius 3 is 2.85 bits per heavy atom. The van der Waals surface area contributed by atoms with E-state index in [0.717, 1.165) is 54.2 Å². The molecule has 2 aromatic heterocycles. The molecule has 1 saturated heterocycles. The molecular formula is C19H27N5O2. The maximum absolute atomic E-state index is 12.1. The maximum atomic E-state index is 12.1. The van der Waals surface area contributed by atoms with Crippen LogP contribution in [0.15, 0.2) is 6.07 Å². The summed E-state index contributed by atoms with van der Waals surface area (Å²) in [7, 11) is 0. The zero-order valence-electron chi connectivity index (χ0n) is 15.8. The van der Waals surface area contributed by atoms with Crippen molar-refractivity contribution in [3.8, 4) is 0 Å². The third kappa shape index (κ3) is 4.03. The number of fused-ring (bicyclic) bond motifs is 1. The number of hydrogen-bond donors (Lipinski definition) is 1. The van der Waals surface area contributed by atoms with E-state index in [4.69, 9.17) is 0 Å². The van der Waals surface area contributed by atoms with Crippen LogP contribution in [-0.2, 0) is 16.0 Å². The first kappa shape index (κ1) is 18.4. The number of rotatable bonds is 7. The van der Waals surface area contributed by atoms with Gasteiger partial charge in [0.2, 0.25) is 11.8 Å². The van der Waals surface area contributed by atoms with Crippen molar-refractivity contribution in [3.05, 3.63) is 28.7 Å². The smallest absolute Gasteiger partial charge is 0.222 e. The zero-order chi connectivity index (χ0) is 18.7. The normalized spacial score (nSPS) is 14.4. The fourth-order valence-corrected chi connectivity index (χ4v) is 3.57. The molecule has 1 N–H and O–H groups in total. The van der Waals surface area contributed by atoms with Crippen molar-refractivity contribution in [2.24, 2.45) is 0 Å². The lowest BCUT2D eigenvalue weighted by atomic mass is 10.1. The van der Waals surface area contributed by atoms with Gasteiger partial charge in [0, 0.05) is 49.9 Å². The first-order valence-electron chi connectivity index (χ1n) is 9.32. The summed E-state index contributed by atoms with van der Waals surface area (Å²) in [6, 6.07) is 1.96. The van der Waals surface area contributed by atoms with E-state index in [9.17, 15) is 9.59 Å². The lowest BCUT2D eigenvalue weighted by Crippen LogP contribution is -2.30. The van der Waals surface area contributed by atoms with Crippen molar-refractivity contribution >= 4 is 17.5 Å². The third-order valence-corrected chi connectivity index (χ3v) is 4.99. The van der Waals surface area contributed by atoms with Crippen LogP contribution in [0.25, 0.3) is 5.65 Å². The molecule has 0 saturated carbocycles. The number of aromatic nitrogens is 3. The van der Waals surface area contributed by atoms with Gasteiger partial charge in [-0.25, -0.2) is 9.50 Å². The Morgan fingerprint density at radius 2 is 2.12 bits per heavy atom. The van der Waals surface area contributed by atoms with Crippen molar-refractivity contribution in [1.82, 2.24) is 24.8 Å². The average molecular weight is 357 g/mol. The molecule has 2 amide bonds. The maximum Gasteiger partial charge on any atom is 0.222 e. The van der Waals surface area contributed by atoms with Gasteiger partial charge in [-0.15, -0.1) is 0 Å². The van der Waals surface area contributed by atoms with Crippen molar-refractivity contribution in [3.63, 3.8) is 0 Å². The van der Waals surface area contributed by atoms with Gasteiger partial charge in [0.05, 0.1) is 5.69 Å². The molecule has 0 spiro atoms. The summed E-state index contributed by atoms with van der Waals surface area (Å²) in [4.78, 5) is 30.2. The van der Waals surface area contributed by atoms with E-state index in [-0.39, 0.29) is 11.8 Å². The van der Waals surface area contributed by atoms with Gasteiger partial charge >= 0.3 is 0 Å². The van der Waals surface area contributed by atoms with Gasteiger partial charge < -0.3 is 10.2 Å². The molecular weight excluding hydrogens is 330 g/mol. The van der Waals surface area contributed by atoms with Crippen molar-refractivity contribution in [1.29, 1.82) is 0 Å². The number of nitrogens with zero attached hydrogens (tertiary/aromatic N) is 4. The van der Waals surface area contributed by atoms with Crippen LogP contribution in [0, 0.1) is 20.8 Å². The number of carbonyl (C=O) groups is 2. The lowest BCUT2D eigenvalue weighted by molar-refractivity contribution is -0.127. The Hall–Kier alpha value is -2.44. The van der Waals surface area contributed by atoms with Gasteiger partial charge in [-0.3, -0.25) is 9.59 Å². The predicted molar refractivity (Wildman–Crippen MR) is 99.0 cm³/mol. The molecule has 7 heteroatoms. The quantitative estimate of drug-likeness (QED) is 0.765. The Morgan fingerprint density at radius 1 is 1.31 bits per heavy atom. The molecule has 1 fully saturated rings. The summed E-state index contributed by atoms with van der Waals surface area (Å²) in [6.45, 7) is 8.15. The van der Waals surface area contributed by atoms with E-state index in [0.29, 0.717) is 25.8 Å². The van der Waals surface area contributed by atoms with E-state index in [1.807, 2.05) is 36.3 Å². The molecule has 1 aliphatic heterocycles. The number of likely N-dealkylation sites (tertiary alicyclic amines) is 1. The van der Waals surface area contributed by atoms with Gasteiger partial charge in [-0.2, -0.15) is 5.10 Å². The van der Waals surface area contributed by atoms with Crippen LogP contribution in [0.3, 0.4) is 0 Å². The van der Waals surface area contributed by atoms with Gasteiger partial charge in [0.25, 0.3) is 0 Å². The van der Waals surface area contributed by atoms with Gasteiger partial charge in [-0.05, 0) is 45.6 Å². The summed E-state index contributed by atoms with van der Waals surface area (Å²) >= 11 is 0. The van der Waals surface area contributed by atoms with Crippen LogP contribution in [0.2, 0.25) is 0 Å². The highest BCUT2D eigenvalue weighted by Crippen LogP contribution is 2.17. The van der Waals surface area contributed by atoms with Crippen molar-refractivity contribution in [2.45, 2.75) is 52.9 Å². The van der Waals surface area contributed by atoms with Crippen LogP contribution < -0.4 is 5.32 Å². The van der Waals surface area contributed by atoms with E-state index < -0.39 is 0 Å². The highest BCUT2D eigenvalue weighted by atomic mass is 16.2. The van der Waals surface area contributed by atoms with E-state index >= 15 is 0 Å². The molecule has 0 bridgehead atoms. The summed E-state index contributed by atoms with van der Waals surface area (Å²) in [5.74, 6) is 0.271. The second-order valence-electron chi connectivity index (χ2n) is 7.00. The van der Waals surface area contributed by atoms with Gasteiger partial charge in [-0.1, -0.05) is 0 Å². The minimum atomic E-state index is 0.0355. The molecule has 140 valence electrons. The molecule has 7 nitrogen and oxygen atoms in total. The minimum Gasteiger partial charge on any atom is -0.356 e. The molecule has 0 atom stereocenters. The molecule has 0 aromatic carbocycles. The highest BCUT2D eigenvalue weighted by Gasteiger charge is 2.19. The zero-order valence-corrected chi connectivity index (χ0v) is 15.8. The molecule has 3 heterocycles. The van der Waals surface area contributed by atoms with E-state index in [1.165, 1.54) is 0 Å². The first-order valence-corrected chi connectivity index (χ1v) is 9.32. The second-order valence-corrected chi connectivity index (χ2v) is 7.00. The minimum absolute atomic E-state index is 0.0355. The lowest BCUT2D eigenvalue weighted by Gasteiger charge is -2.15. The molecule has 3 rings (SSSR count). The summed E-state index contributed by atoms with van der Waals surface area (Å²) < 4.78 is 1.85. The van der Waals surface area contributed by atoms with Crippen LogP contribution in [-0.4, -0.2) is 50.9 Å². The Balaban J connectivity index is 1.48. The number of amides is 2. The van der Waals surface area contributed by atoms with E-state index in [2.05, 4.69) is 15.4 Å². The summed E-state index contributed by atoms with van der Waals surface area (Å²) in [5, 5.41) is 7.42. The van der Waals surface area contributed by atoms with E-state index in [1.54, 1.807) is 0 Å². The molecule has 0 aliphatic carbocycles. The van der Waals surface area contributed by atoms with Crippen LogP contribution in [0.4, 0.5) is 0 Å². The molecule has 0 unspecified atom stereocenters. The first-order chi connectivity index (χ1) is 12.5. The molecule has 26 heavy (non-hydrogen) atoms. The van der Waals surface area contributed by atoms with Crippen molar-refractivity contribution < 1.29 is 9.59 Å². The third-order valence-electron chi connectivity index (χ3n) is 4.99. The Kier molecular flexibility index (Phi) is 5.54. The molecule has 0 radical (unpaired) electrons. The number of carbonyl (C=O) groups excluding carboxylic acids is 2. The summed E-state index contributed by atoms with van der Waals surface area (Å²) in [5.41, 5.74) is 4.86. The van der Waals surface area contributed by atoms with Crippen LogP contribution in [0.5, 0.6) is 0 Å². The Bertz CT molecular complexity index is 827. The van der Waals surface area contributed by atoms with Crippen LogP contribution >= 0.6 is 0 Å². The number of aryl methyl sites for hydroxylation is 3. The Labute approximate surface area is 153 Å².